The van der Waals surface area contributed by atoms with Crippen LogP contribution in [0.2, 0.25) is 0 Å². The number of carbonyl (C=O) groups excluding carboxylic acids is 2. The Morgan fingerprint density at radius 2 is 1.90 bits per heavy atom. The van der Waals surface area contributed by atoms with Crippen LogP contribution in [-0.4, -0.2) is 46.5 Å². The van der Waals surface area contributed by atoms with Crippen molar-refractivity contribution in [2.75, 3.05) is 13.1 Å². The minimum Gasteiger partial charge on any atom is -0.481 e. The maximum atomic E-state index is 12.1. The van der Waals surface area contributed by atoms with E-state index in [9.17, 15) is 19.5 Å². The van der Waals surface area contributed by atoms with Crippen molar-refractivity contribution in [3.63, 3.8) is 0 Å². The highest BCUT2D eigenvalue weighted by Gasteiger charge is 2.49. The number of nitrogens with zero attached hydrogens (tertiary/aromatic N) is 1. The van der Waals surface area contributed by atoms with Crippen LogP contribution in [0.25, 0.3) is 0 Å². The van der Waals surface area contributed by atoms with E-state index in [2.05, 4.69) is 5.32 Å². The van der Waals surface area contributed by atoms with Crippen molar-refractivity contribution in [2.45, 2.75) is 39.7 Å². The van der Waals surface area contributed by atoms with Crippen LogP contribution in [0.4, 0.5) is 4.79 Å². The lowest BCUT2D eigenvalue weighted by Crippen LogP contribution is -2.56. The Balaban J connectivity index is 2.80. The molecule has 114 valence electrons. The van der Waals surface area contributed by atoms with Crippen LogP contribution in [0.1, 0.15) is 34.1 Å². The lowest BCUT2D eigenvalue weighted by atomic mass is 9.76. The molecule has 4 N–H and O–H groups in total. The first-order valence-electron chi connectivity index (χ1n) is 6.63. The molecule has 1 aliphatic heterocycles. The van der Waals surface area contributed by atoms with Crippen LogP contribution in [0.3, 0.4) is 0 Å². The molecule has 3 amide bonds. The van der Waals surface area contributed by atoms with Gasteiger partial charge in [0.15, 0.2) is 0 Å². The number of likely N-dealkylation sites (tertiary alicyclic amines) is 1. The number of carbonyl (C=O) groups is 3. The van der Waals surface area contributed by atoms with Crippen molar-refractivity contribution in [1.82, 2.24) is 10.2 Å². The topological polar surface area (TPSA) is 113 Å². The average Bonchev–Trinajstić information content (AvgIpc) is 2.74. The summed E-state index contributed by atoms with van der Waals surface area (Å²) in [6, 6.07) is -0.461. The number of hydrogen-bond donors (Lipinski definition) is 3. The summed E-state index contributed by atoms with van der Waals surface area (Å²) in [6.45, 7) is 7.18. The van der Waals surface area contributed by atoms with Gasteiger partial charge in [0.25, 0.3) is 0 Å². The Morgan fingerprint density at radius 1 is 1.35 bits per heavy atom. The predicted molar refractivity (Wildman–Crippen MR) is 72.9 cm³/mol. The summed E-state index contributed by atoms with van der Waals surface area (Å²) in [6.07, 6.45) is 0.407. The third-order valence-electron chi connectivity index (χ3n) is 4.15. The summed E-state index contributed by atoms with van der Waals surface area (Å²) in [5.41, 5.74) is 3.11. The zero-order valence-corrected chi connectivity index (χ0v) is 12.4. The molecule has 0 radical (unpaired) electrons. The van der Waals surface area contributed by atoms with Gasteiger partial charge in [0.1, 0.15) is 5.54 Å². The summed E-state index contributed by atoms with van der Waals surface area (Å²) in [7, 11) is 0. The van der Waals surface area contributed by atoms with Gasteiger partial charge in [-0.3, -0.25) is 9.59 Å². The largest absolute Gasteiger partial charge is 0.481 e. The lowest BCUT2D eigenvalue weighted by molar-refractivity contribution is -0.150. The molecule has 1 atom stereocenters. The van der Waals surface area contributed by atoms with E-state index in [0.29, 0.717) is 13.0 Å². The van der Waals surface area contributed by atoms with Crippen molar-refractivity contribution in [1.29, 1.82) is 0 Å². The van der Waals surface area contributed by atoms with Gasteiger partial charge in [-0.1, -0.05) is 13.8 Å². The molecule has 20 heavy (non-hydrogen) atoms. The highest BCUT2D eigenvalue weighted by atomic mass is 16.4. The Hall–Kier alpha value is -1.79. The van der Waals surface area contributed by atoms with Crippen LogP contribution in [0.5, 0.6) is 0 Å². The second-order valence-corrected chi connectivity index (χ2v) is 6.21. The molecule has 0 spiro atoms. The predicted octanol–water partition coefficient (Wildman–Crippen LogP) is 0.393. The molecule has 1 unspecified atom stereocenters. The first-order chi connectivity index (χ1) is 9.03. The number of nitrogens with one attached hydrogen (secondary N) is 1. The zero-order valence-electron chi connectivity index (χ0n) is 12.4. The van der Waals surface area contributed by atoms with E-state index < -0.39 is 28.9 Å². The molecule has 0 aromatic heterocycles. The van der Waals surface area contributed by atoms with Gasteiger partial charge in [-0.2, -0.15) is 0 Å². The molecule has 1 aliphatic rings. The van der Waals surface area contributed by atoms with Crippen molar-refractivity contribution in [3.05, 3.63) is 0 Å². The van der Waals surface area contributed by atoms with Gasteiger partial charge in [0.2, 0.25) is 5.91 Å². The molecule has 1 heterocycles. The van der Waals surface area contributed by atoms with E-state index in [-0.39, 0.29) is 12.5 Å². The molecule has 7 heteroatoms. The minimum absolute atomic E-state index is 0.0815. The Labute approximate surface area is 118 Å². The number of rotatable bonds is 4. The molecular formula is C13H23N3O4. The maximum absolute atomic E-state index is 12.1. The molecule has 7 nitrogen and oxygen atoms in total. The van der Waals surface area contributed by atoms with E-state index >= 15 is 0 Å². The average molecular weight is 285 g/mol. The fourth-order valence-electron chi connectivity index (χ4n) is 2.31. The third kappa shape index (κ3) is 2.86. The van der Waals surface area contributed by atoms with Crippen LogP contribution in [-0.2, 0) is 9.59 Å². The van der Waals surface area contributed by atoms with Crippen molar-refractivity contribution < 1.29 is 19.5 Å². The second kappa shape index (κ2) is 5.30. The van der Waals surface area contributed by atoms with Crippen LogP contribution >= 0.6 is 0 Å². The number of primary amides is 1. The Morgan fingerprint density at radius 3 is 2.25 bits per heavy atom. The van der Waals surface area contributed by atoms with Gasteiger partial charge < -0.3 is 21.1 Å². The lowest BCUT2D eigenvalue weighted by Gasteiger charge is -2.30. The quantitative estimate of drug-likeness (QED) is 0.693. The van der Waals surface area contributed by atoms with Crippen molar-refractivity contribution in [3.8, 4) is 0 Å². The van der Waals surface area contributed by atoms with Crippen LogP contribution in [0, 0.1) is 11.3 Å². The molecular weight excluding hydrogens is 262 g/mol. The van der Waals surface area contributed by atoms with E-state index in [4.69, 9.17) is 5.73 Å². The fraction of sp³-hybridized carbons (Fsp3) is 0.769. The molecule has 0 bridgehead atoms. The second-order valence-electron chi connectivity index (χ2n) is 6.21. The molecule has 0 aliphatic carbocycles. The van der Waals surface area contributed by atoms with Gasteiger partial charge in [0.05, 0.1) is 5.41 Å². The Kier molecular flexibility index (Phi) is 4.31. The number of hydrogen-bond acceptors (Lipinski definition) is 3. The molecule has 0 aromatic carbocycles. The maximum Gasteiger partial charge on any atom is 0.318 e. The first kappa shape index (κ1) is 16.3. The molecule has 0 aromatic rings. The highest BCUT2D eigenvalue weighted by molar-refractivity contribution is 5.89. The summed E-state index contributed by atoms with van der Waals surface area (Å²) >= 11 is 0. The molecule has 0 saturated carbocycles. The van der Waals surface area contributed by atoms with Gasteiger partial charge in [-0.25, -0.2) is 4.79 Å². The fourth-order valence-corrected chi connectivity index (χ4v) is 2.31. The monoisotopic (exact) mass is 285 g/mol. The number of amides is 3. The van der Waals surface area contributed by atoms with Gasteiger partial charge in [-0.15, -0.1) is 0 Å². The van der Waals surface area contributed by atoms with E-state index in [0.717, 1.165) is 0 Å². The van der Waals surface area contributed by atoms with Gasteiger partial charge in [-0.05, 0) is 26.2 Å². The first-order valence-corrected chi connectivity index (χ1v) is 6.63. The molecule has 1 saturated heterocycles. The summed E-state index contributed by atoms with van der Waals surface area (Å²) in [4.78, 5) is 36.2. The highest BCUT2D eigenvalue weighted by Crippen LogP contribution is 2.38. The zero-order chi connectivity index (χ0) is 15.7. The van der Waals surface area contributed by atoms with E-state index in [1.165, 1.54) is 18.7 Å². The van der Waals surface area contributed by atoms with E-state index in [1.807, 2.05) is 13.8 Å². The van der Waals surface area contributed by atoms with Crippen LogP contribution < -0.4 is 11.1 Å². The normalized spacial score (nSPS) is 22.9. The number of urea groups is 1. The van der Waals surface area contributed by atoms with Crippen LogP contribution in [0.15, 0.2) is 0 Å². The number of carboxylic acids is 1. The van der Waals surface area contributed by atoms with E-state index in [1.54, 1.807) is 0 Å². The standard InChI is InChI=1S/C13H23N3O4/c1-8(2)13(10(18)19)5-6-16(7-13)11(20)15-12(3,4)9(14)17/h8H,5-7H2,1-4H3,(H2,14,17)(H,15,20)(H,18,19). The summed E-state index contributed by atoms with van der Waals surface area (Å²) in [5, 5.41) is 12.0. The number of nitrogens with two attached hydrogens (primary N) is 1. The van der Waals surface area contributed by atoms with Crippen molar-refractivity contribution >= 4 is 17.9 Å². The molecule has 1 rings (SSSR count). The Bertz CT molecular complexity index is 433. The summed E-state index contributed by atoms with van der Waals surface area (Å²) in [5.74, 6) is -1.61. The third-order valence-corrected chi connectivity index (χ3v) is 4.15. The number of carboxylic acid groups (broad SMARTS) is 1. The minimum atomic E-state index is -1.16. The van der Waals surface area contributed by atoms with Gasteiger partial charge in [0, 0.05) is 13.1 Å². The number of aliphatic carboxylic acids is 1. The molecule has 1 fully saturated rings. The van der Waals surface area contributed by atoms with Gasteiger partial charge >= 0.3 is 12.0 Å². The SMILES string of the molecule is CC(C)C1(C(=O)O)CCN(C(=O)NC(C)(C)C(N)=O)C1. The smallest absolute Gasteiger partial charge is 0.318 e. The summed E-state index contributed by atoms with van der Waals surface area (Å²) < 4.78 is 0. The van der Waals surface area contributed by atoms with Crippen molar-refractivity contribution in [2.24, 2.45) is 17.1 Å².